The van der Waals surface area contributed by atoms with Crippen molar-refractivity contribution in [2.75, 3.05) is 0 Å². The van der Waals surface area contributed by atoms with Crippen LogP contribution in [0.4, 0.5) is 0 Å². The Kier molecular flexibility index (Phi) is 2.68. The van der Waals surface area contributed by atoms with Gasteiger partial charge in [-0.05, 0) is 30.2 Å². The lowest BCUT2D eigenvalue weighted by atomic mass is 10.0. The molecule has 0 aliphatic carbocycles. The molecule has 0 unspecified atom stereocenters. The first kappa shape index (κ1) is 12.0. The molecule has 0 radical (unpaired) electrons. The fourth-order valence-electron chi connectivity index (χ4n) is 2.34. The number of aromatic nitrogens is 3. The summed E-state index contributed by atoms with van der Waals surface area (Å²) >= 11 is 5.90. The van der Waals surface area contributed by atoms with E-state index in [1.807, 2.05) is 38.2 Å². The monoisotopic (exact) mass is 273 g/mol. The van der Waals surface area contributed by atoms with Crippen LogP contribution >= 0.6 is 11.6 Å². The van der Waals surface area contributed by atoms with E-state index in [0.29, 0.717) is 5.02 Å². The maximum Gasteiger partial charge on any atom is 0.250 e. The quantitative estimate of drug-likeness (QED) is 0.741. The topological polar surface area (TPSA) is 50.7 Å². The number of aromatic amines is 1. The fraction of sp³-hybridized carbons (Fsp3) is 0.143. The molecule has 1 N–H and O–H groups in total. The molecule has 0 saturated carbocycles. The van der Waals surface area contributed by atoms with Crippen LogP contribution in [0, 0.1) is 6.92 Å². The summed E-state index contributed by atoms with van der Waals surface area (Å²) in [5.41, 5.74) is 3.31. The Hall–Kier alpha value is -2.07. The van der Waals surface area contributed by atoms with Gasteiger partial charge in [0.15, 0.2) is 0 Å². The Balaban J connectivity index is 2.40. The maximum absolute atomic E-state index is 11.8. The third-order valence-corrected chi connectivity index (χ3v) is 3.42. The second-order valence-electron chi connectivity index (χ2n) is 4.49. The zero-order valence-corrected chi connectivity index (χ0v) is 11.3. The number of hydrogen-bond acceptors (Lipinski definition) is 2. The molecule has 0 aliphatic heterocycles. The summed E-state index contributed by atoms with van der Waals surface area (Å²) < 4.78 is 1.69. The molecule has 3 aromatic rings. The minimum atomic E-state index is -0.138. The van der Waals surface area contributed by atoms with E-state index < -0.39 is 0 Å². The van der Waals surface area contributed by atoms with Gasteiger partial charge in [0.2, 0.25) is 5.56 Å². The van der Waals surface area contributed by atoms with Crippen LogP contribution in [0.3, 0.4) is 0 Å². The van der Waals surface area contributed by atoms with Gasteiger partial charge in [-0.15, -0.1) is 0 Å². The van der Waals surface area contributed by atoms with Crippen molar-refractivity contribution >= 4 is 22.6 Å². The van der Waals surface area contributed by atoms with Gasteiger partial charge < -0.3 is 4.98 Å². The van der Waals surface area contributed by atoms with Gasteiger partial charge in [-0.1, -0.05) is 23.7 Å². The number of benzene rings is 1. The molecule has 4 nitrogen and oxygen atoms in total. The van der Waals surface area contributed by atoms with Crippen LogP contribution in [-0.4, -0.2) is 14.8 Å². The third kappa shape index (κ3) is 1.94. The highest BCUT2D eigenvalue weighted by Gasteiger charge is 2.12. The smallest absolute Gasteiger partial charge is 0.250 e. The van der Waals surface area contributed by atoms with Gasteiger partial charge in [0.1, 0.15) is 5.65 Å². The van der Waals surface area contributed by atoms with Crippen LogP contribution < -0.4 is 5.56 Å². The van der Waals surface area contributed by atoms with Crippen molar-refractivity contribution in [2.24, 2.45) is 7.05 Å². The number of pyridine rings is 1. The van der Waals surface area contributed by atoms with Crippen molar-refractivity contribution in [1.82, 2.24) is 14.8 Å². The number of hydrogen-bond donors (Lipinski definition) is 1. The van der Waals surface area contributed by atoms with Crippen LogP contribution in [0.25, 0.3) is 22.2 Å². The predicted octanol–water partition coefficient (Wildman–Crippen LogP) is 2.89. The zero-order valence-electron chi connectivity index (χ0n) is 10.6. The summed E-state index contributed by atoms with van der Waals surface area (Å²) in [6.45, 7) is 1.93. The van der Waals surface area contributed by atoms with Crippen molar-refractivity contribution in [3.8, 4) is 11.1 Å². The van der Waals surface area contributed by atoms with Crippen LogP contribution in [-0.2, 0) is 7.05 Å². The Morgan fingerprint density at radius 3 is 2.63 bits per heavy atom. The molecular weight excluding hydrogens is 262 g/mol. The number of H-pyrrole nitrogens is 1. The molecule has 2 heterocycles. The average molecular weight is 274 g/mol. The fourth-order valence-corrected chi connectivity index (χ4v) is 2.46. The lowest BCUT2D eigenvalue weighted by Gasteiger charge is -2.04. The van der Waals surface area contributed by atoms with Gasteiger partial charge in [0, 0.05) is 23.5 Å². The highest BCUT2D eigenvalue weighted by molar-refractivity contribution is 6.30. The molecule has 0 bridgehead atoms. The van der Waals surface area contributed by atoms with E-state index in [9.17, 15) is 4.79 Å². The molecular formula is C14H12ClN3O. The van der Waals surface area contributed by atoms with Gasteiger partial charge in [-0.25, -0.2) is 0 Å². The van der Waals surface area contributed by atoms with Gasteiger partial charge >= 0.3 is 0 Å². The van der Waals surface area contributed by atoms with E-state index >= 15 is 0 Å². The summed E-state index contributed by atoms with van der Waals surface area (Å²) in [4.78, 5) is 14.6. The first-order valence-corrected chi connectivity index (χ1v) is 6.26. The largest absolute Gasteiger partial charge is 0.307 e. The zero-order chi connectivity index (χ0) is 13.6. The average Bonchev–Trinajstić information content (AvgIpc) is 2.65. The lowest BCUT2D eigenvalue weighted by Crippen LogP contribution is -2.06. The van der Waals surface area contributed by atoms with Gasteiger partial charge in [0.05, 0.1) is 5.69 Å². The molecule has 0 saturated heterocycles. The van der Waals surface area contributed by atoms with Crippen LogP contribution in [0.15, 0.2) is 35.1 Å². The molecule has 3 rings (SSSR count). The maximum atomic E-state index is 11.8. The molecule has 0 atom stereocenters. The van der Waals surface area contributed by atoms with Crippen molar-refractivity contribution < 1.29 is 0 Å². The summed E-state index contributed by atoms with van der Waals surface area (Å²) in [5, 5.41) is 5.99. The number of aryl methyl sites for hydroxylation is 2. The van der Waals surface area contributed by atoms with E-state index in [-0.39, 0.29) is 5.56 Å². The molecule has 19 heavy (non-hydrogen) atoms. The van der Waals surface area contributed by atoms with Gasteiger partial charge in [0.25, 0.3) is 0 Å². The summed E-state index contributed by atoms with van der Waals surface area (Å²) in [6.07, 6.45) is 0. The van der Waals surface area contributed by atoms with Crippen molar-refractivity contribution in [1.29, 1.82) is 0 Å². The standard InChI is InChI=1S/C14H12ClN3O/c1-8-13-11(9-3-5-10(15)6-4-9)7-12(19)16-14(13)18(2)17-8/h3-7H,1-2H3,(H,16,19). The van der Waals surface area contributed by atoms with Crippen molar-refractivity contribution in [3.05, 3.63) is 51.4 Å². The molecule has 96 valence electrons. The number of rotatable bonds is 1. The molecule has 5 heteroatoms. The van der Waals surface area contributed by atoms with E-state index in [1.54, 1.807) is 10.7 Å². The van der Waals surface area contributed by atoms with Crippen molar-refractivity contribution in [3.63, 3.8) is 0 Å². The highest BCUT2D eigenvalue weighted by atomic mass is 35.5. The first-order valence-electron chi connectivity index (χ1n) is 5.89. The van der Waals surface area contributed by atoms with Crippen LogP contribution in [0.1, 0.15) is 5.69 Å². The second kappa shape index (κ2) is 4.24. The van der Waals surface area contributed by atoms with E-state index in [1.165, 1.54) is 0 Å². The van der Waals surface area contributed by atoms with Gasteiger partial charge in [-0.2, -0.15) is 5.10 Å². The minimum absolute atomic E-state index is 0.138. The highest BCUT2D eigenvalue weighted by Crippen LogP contribution is 2.29. The van der Waals surface area contributed by atoms with E-state index in [0.717, 1.165) is 27.9 Å². The lowest BCUT2D eigenvalue weighted by molar-refractivity contribution is 0.772. The third-order valence-electron chi connectivity index (χ3n) is 3.16. The number of halogens is 1. The molecule has 0 fully saturated rings. The summed E-state index contributed by atoms with van der Waals surface area (Å²) in [5.74, 6) is 0. The summed E-state index contributed by atoms with van der Waals surface area (Å²) in [6, 6.07) is 9.04. The molecule has 2 aromatic heterocycles. The Labute approximate surface area is 114 Å². The predicted molar refractivity (Wildman–Crippen MR) is 76.5 cm³/mol. The van der Waals surface area contributed by atoms with Crippen LogP contribution in [0.2, 0.25) is 5.02 Å². The minimum Gasteiger partial charge on any atom is -0.307 e. The van der Waals surface area contributed by atoms with Gasteiger partial charge in [-0.3, -0.25) is 9.48 Å². The summed E-state index contributed by atoms with van der Waals surface area (Å²) in [7, 11) is 1.82. The Morgan fingerprint density at radius 2 is 1.95 bits per heavy atom. The first-order chi connectivity index (χ1) is 9.06. The number of nitrogens with one attached hydrogen (secondary N) is 1. The van der Waals surface area contributed by atoms with E-state index in [4.69, 9.17) is 11.6 Å². The molecule has 0 spiro atoms. The normalized spacial score (nSPS) is 11.1. The molecule has 1 aromatic carbocycles. The Morgan fingerprint density at radius 1 is 1.26 bits per heavy atom. The number of fused-ring (bicyclic) bond motifs is 1. The number of nitrogens with zero attached hydrogens (tertiary/aromatic N) is 2. The van der Waals surface area contributed by atoms with Crippen LogP contribution in [0.5, 0.6) is 0 Å². The Bertz CT molecular complexity index is 815. The molecule has 0 aliphatic rings. The SMILES string of the molecule is Cc1nn(C)c2[nH]c(=O)cc(-c3ccc(Cl)cc3)c12. The second-order valence-corrected chi connectivity index (χ2v) is 4.92. The van der Waals surface area contributed by atoms with E-state index in [2.05, 4.69) is 10.1 Å². The van der Waals surface area contributed by atoms with Crippen molar-refractivity contribution in [2.45, 2.75) is 6.92 Å². The molecule has 0 amide bonds.